The first-order valence-corrected chi connectivity index (χ1v) is 8.01. The minimum atomic E-state index is -0.222. The second-order valence-corrected chi connectivity index (χ2v) is 5.81. The molecule has 0 saturated heterocycles. The molecule has 2 heterocycles. The van der Waals surface area contributed by atoms with E-state index in [1.54, 1.807) is 29.2 Å². The van der Waals surface area contributed by atoms with Crippen LogP contribution in [0.4, 0.5) is 0 Å². The summed E-state index contributed by atoms with van der Waals surface area (Å²) in [5, 5.41) is 4.32. The average molecular weight is 333 g/mol. The van der Waals surface area contributed by atoms with Gasteiger partial charge >= 0.3 is 0 Å². The molecule has 1 aromatic carbocycles. The Morgan fingerprint density at radius 1 is 1.20 bits per heavy atom. The molecule has 5 heteroatoms. The molecule has 0 atom stereocenters. The Hall–Kier alpha value is -3.21. The van der Waals surface area contributed by atoms with Crippen LogP contribution < -0.4 is 5.56 Å². The first kappa shape index (κ1) is 16.6. The number of pyridine rings is 1. The fraction of sp³-hybridized carbons (Fsp3) is 0.150. The Balaban J connectivity index is 1.82. The normalized spacial score (nSPS) is 10.6. The van der Waals surface area contributed by atoms with Gasteiger partial charge < -0.3 is 4.57 Å². The molecular formula is C20H19N3O2. The van der Waals surface area contributed by atoms with E-state index in [9.17, 15) is 9.59 Å². The molecule has 25 heavy (non-hydrogen) atoms. The molecule has 0 N–H and O–H groups in total. The van der Waals surface area contributed by atoms with Crippen molar-refractivity contribution in [1.82, 2.24) is 14.3 Å². The van der Waals surface area contributed by atoms with Gasteiger partial charge in [-0.15, -0.1) is 0 Å². The SMILES string of the molecule is C=Cc1cccn(CC(=O)c2cnn(Cc3ccccc3)c2C)c1=O. The van der Waals surface area contributed by atoms with Crippen molar-refractivity contribution < 1.29 is 4.79 Å². The largest absolute Gasteiger partial charge is 0.307 e. The lowest BCUT2D eigenvalue weighted by atomic mass is 10.1. The van der Waals surface area contributed by atoms with Crippen LogP contribution in [0.2, 0.25) is 0 Å². The van der Waals surface area contributed by atoms with E-state index in [-0.39, 0.29) is 17.9 Å². The van der Waals surface area contributed by atoms with Gasteiger partial charge in [0.1, 0.15) is 0 Å². The van der Waals surface area contributed by atoms with E-state index >= 15 is 0 Å². The van der Waals surface area contributed by atoms with Gasteiger partial charge in [0.15, 0.2) is 5.78 Å². The summed E-state index contributed by atoms with van der Waals surface area (Å²) in [5.74, 6) is -0.139. The van der Waals surface area contributed by atoms with Gasteiger partial charge in [0.2, 0.25) is 0 Å². The summed E-state index contributed by atoms with van der Waals surface area (Å²) < 4.78 is 3.19. The van der Waals surface area contributed by atoms with Crippen LogP contribution in [-0.4, -0.2) is 20.1 Å². The minimum Gasteiger partial charge on any atom is -0.307 e. The summed E-state index contributed by atoms with van der Waals surface area (Å²) in [5.41, 5.74) is 2.70. The van der Waals surface area contributed by atoms with Crippen molar-refractivity contribution in [2.24, 2.45) is 0 Å². The van der Waals surface area contributed by atoms with Crippen LogP contribution in [0.3, 0.4) is 0 Å². The van der Waals surface area contributed by atoms with E-state index in [0.29, 0.717) is 17.7 Å². The summed E-state index contributed by atoms with van der Waals surface area (Å²) >= 11 is 0. The molecule has 0 saturated carbocycles. The van der Waals surface area contributed by atoms with Crippen molar-refractivity contribution in [2.45, 2.75) is 20.0 Å². The molecule has 0 fully saturated rings. The number of hydrogen-bond donors (Lipinski definition) is 0. The summed E-state index contributed by atoms with van der Waals surface area (Å²) in [6.07, 6.45) is 4.67. The number of Topliss-reactive ketones (excluding diaryl/α,β-unsaturated/α-hetero) is 1. The highest BCUT2D eigenvalue weighted by atomic mass is 16.1. The van der Waals surface area contributed by atoms with E-state index in [1.807, 2.05) is 37.3 Å². The van der Waals surface area contributed by atoms with E-state index in [1.165, 1.54) is 10.6 Å². The molecular weight excluding hydrogens is 314 g/mol. The third kappa shape index (κ3) is 3.50. The van der Waals surface area contributed by atoms with Crippen LogP contribution in [-0.2, 0) is 13.1 Å². The van der Waals surface area contributed by atoms with Crippen LogP contribution >= 0.6 is 0 Å². The molecule has 0 bridgehead atoms. The van der Waals surface area contributed by atoms with Crippen LogP contribution in [0.25, 0.3) is 6.08 Å². The first-order valence-electron chi connectivity index (χ1n) is 8.01. The van der Waals surface area contributed by atoms with E-state index < -0.39 is 0 Å². The van der Waals surface area contributed by atoms with Crippen molar-refractivity contribution in [3.63, 3.8) is 0 Å². The van der Waals surface area contributed by atoms with Crippen LogP contribution in [0.5, 0.6) is 0 Å². The van der Waals surface area contributed by atoms with Crippen LogP contribution in [0, 0.1) is 6.92 Å². The van der Waals surface area contributed by atoms with Crippen LogP contribution in [0.1, 0.15) is 27.2 Å². The third-order valence-corrected chi connectivity index (χ3v) is 4.16. The fourth-order valence-corrected chi connectivity index (χ4v) is 2.71. The van der Waals surface area contributed by atoms with Gasteiger partial charge in [-0.2, -0.15) is 5.10 Å². The Morgan fingerprint density at radius 3 is 2.68 bits per heavy atom. The highest BCUT2D eigenvalue weighted by molar-refractivity contribution is 5.96. The predicted molar refractivity (Wildman–Crippen MR) is 97.6 cm³/mol. The zero-order valence-electron chi connectivity index (χ0n) is 14.1. The maximum Gasteiger partial charge on any atom is 0.258 e. The predicted octanol–water partition coefficient (Wildman–Crippen LogP) is 2.93. The highest BCUT2D eigenvalue weighted by Crippen LogP contribution is 2.12. The number of rotatable bonds is 6. The lowest BCUT2D eigenvalue weighted by Crippen LogP contribution is -2.25. The lowest BCUT2D eigenvalue weighted by Gasteiger charge is -2.07. The molecule has 0 amide bonds. The molecule has 0 unspecified atom stereocenters. The molecule has 3 rings (SSSR count). The maximum absolute atomic E-state index is 12.6. The average Bonchev–Trinajstić information content (AvgIpc) is 2.98. The number of ketones is 1. The zero-order valence-corrected chi connectivity index (χ0v) is 14.1. The molecule has 0 radical (unpaired) electrons. The Morgan fingerprint density at radius 2 is 1.96 bits per heavy atom. The van der Waals surface area contributed by atoms with Gasteiger partial charge in [-0.05, 0) is 24.6 Å². The Kier molecular flexibility index (Phi) is 4.75. The number of hydrogen-bond acceptors (Lipinski definition) is 3. The number of aromatic nitrogens is 3. The van der Waals surface area contributed by atoms with Crippen LogP contribution in [0.15, 0.2) is 66.2 Å². The number of nitrogens with zero attached hydrogens (tertiary/aromatic N) is 3. The lowest BCUT2D eigenvalue weighted by molar-refractivity contribution is 0.0970. The topological polar surface area (TPSA) is 56.9 Å². The smallest absolute Gasteiger partial charge is 0.258 e. The summed E-state index contributed by atoms with van der Waals surface area (Å²) in [4.78, 5) is 24.8. The van der Waals surface area contributed by atoms with Gasteiger partial charge in [0, 0.05) is 17.5 Å². The molecule has 0 aliphatic rings. The van der Waals surface area contributed by atoms with Crippen molar-refractivity contribution in [2.75, 3.05) is 0 Å². The Labute approximate surface area is 145 Å². The van der Waals surface area contributed by atoms with Gasteiger partial charge in [0.25, 0.3) is 5.56 Å². The van der Waals surface area contributed by atoms with Gasteiger partial charge in [-0.1, -0.05) is 43.0 Å². The minimum absolute atomic E-state index is 0.0155. The van der Waals surface area contributed by atoms with E-state index in [2.05, 4.69) is 11.7 Å². The summed E-state index contributed by atoms with van der Waals surface area (Å²) in [6, 6.07) is 13.4. The van der Waals surface area contributed by atoms with Crippen molar-refractivity contribution in [1.29, 1.82) is 0 Å². The standard InChI is InChI=1S/C20H19N3O2/c1-3-17-10-7-11-22(20(17)25)14-19(24)18-12-21-23(15(18)2)13-16-8-5-4-6-9-16/h3-12H,1,13-14H2,2H3. The number of carbonyl (C=O) groups is 1. The van der Waals surface area contributed by atoms with Gasteiger partial charge in [-0.25, -0.2) is 0 Å². The second-order valence-electron chi connectivity index (χ2n) is 5.81. The number of benzene rings is 1. The van der Waals surface area contributed by atoms with Gasteiger partial charge in [0.05, 0.1) is 24.8 Å². The molecule has 2 aromatic heterocycles. The fourth-order valence-electron chi connectivity index (χ4n) is 2.71. The van der Waals surface area contributed by atoms with E-state index in [4.69, 9.17) is 0 Å². The van der Waals surface area contributed by atoms with Gasteiger partial charge in [-0.3, -0.25) is 14.3 Å². The number of carbonyl (C=O) groups excluding carboxylic acids is 1. The molecule has 126 valence electrons. The highest BCUT2D eigenvalue weighted by Gasteiger charge is 2.15. The molecule has 0 aliphatic carbocycles. The first-order chi connectivity index (χ1) is 12.1. The molecule has 0 aliphatic heterocycles. The zero-order chi connectivity index (χ0) is 17.8. The summed E-state index contributed by atoms with van der Waals surface area (Å²) in [7, 11) is 0. The second kappa shape index (κ2) is 7.13. The molecule has 3 aromatic rings. The van der Waals surface area contributed by atoms with Crippen molar-refractivity contribution >= 4 is 11.9 Å². The summed E-state index contributed by atoms with van der Waals surface area (Å²) in [6.45, 7) is 6.07. The maximum atomic E-state index is 12.6. The molecule has 0 spiro atoms. The third-order valence-electron chi connectivity index (χ3n) is 4.16. The Bertz CT molecular complexity index is 968. The van der Waals surface area contributed by atoms with Crippen molar-refractivity contribution in [3.05, 3.63) is 94.2 Å². The molecule has 5 nitrogen and oxygen atoms in total. The quantitative estimate of drug-likeness (QED) is 0.652. The van der Waals surface area contributed by atoms with E-state index in [0.717, 1.165) is 11.3 Å². The monoisotopic (exact) mass is 333 g/mol. The van der Waals surface area contributed by atoms with Crippen molar-refractivity contribution in [3.8, 4) is 0 Å².